The average Bonchev–Trinajstić information content (AvgIpc) is 2.19. The molecule has 2 heteroatoms. The summed E-state index contributed by atoms with van der Waals surface area (Å²) in [4.78, 5) is 2.50. The second kappa shape index (κ2) is 8.89. The number of hydrogen-bond acceptors (Lipinski definition) is 2. The first kappa shape index (κ1) is 13.3. The van der Waals surface area contributed by atoms with Gasteiger partial charge in [-0.15, -0.1) is 0 Å². The molecule has 0 N–H and O–H groups in total. The molecule has 0 bridgehead atoms. The molecule has 0 aromatic rings. The van der Waals surface area contributed by atoms with Crippen molar-refractivity contribution in [1.82, 2.24) is 4.90 Å². The van der Waals surface area contributed by atoms with Gasteiger partial charge in [0.2, 0.25) is 0 Å². The molecule has 0 aromatic carbocycles. The molecule has 80 valence electrons. The minimum atomic E-state index is 0.795. The lowest BCUT2D eigenvalue weighted by Gasteiger charge is -2.24. The summed E-state index contributed by atoms with van der Waals surface area (Å²) in [6, 6.07) is 0. The van der Waals surface area contributed by atoms with Crippen molar-refractivity contribution >= 4 is 12.6 Å². The summed E-state index contributed by atoms with van der Waals surface area (Å²) in [5, 5.41) is 0. The maximum Gasteiger partial charge on any atom is 0.00172 e. The molecule has 0 heterocycles. The van der Waals surface area contributed by atoms with E-state index in [1.54, 1.807) is 0 Å². The molecular weight excluding hydrogens is 178 g/mol. The highest BCUT2D eigenvalue weighted by Crippen LogP contribution is 2.11. The van der Waals surface area contributed by atoms with Gasteiger partial charge in [0.05, 0.1) is 0 Å². The first-order valence-electron chi connectivity index (χ1n) is 5.61. The second-order valence-corrected chi connectivity index (χ2v) is 4.04. The molecule has 13 heavy (non-hydrogen) atoms. The van der Waals surface area contributed by atoms with E-state index in [4.69, 9.17) is 0 Å². The van der Waals surface area contributed by atoms with E-state index in [1.165, 1.54) is 38.9 Å². The Labute approximate surface area is 89.3 Å². The molecule has 0 amide bonds. The van der Waals surface area contributed by atoms with Crippen molar-refractivity contribution in [2.45, 2.75) is 40.0 Å². The van der Waals surface area contributed by atoms with Crippen LogP contribution in [0.1, 0.15) is 40.0 Å². The van der Waals surface area contributed by atoms with E-state index in [0.29, 0.717) is 0 Å². The fraction of sp³-hybridized carbons (Fsp3) is 1.00. The standard InChI is InChI=1S/C11H25NS/c1-4-7-8-11(10-13)9-12(5-2)6-3/h11,13H,4-10H2,1-3H3. The predicted octanol–water partition coefficient (Wildman–Crippen LogP) is 3.06. The summed E-state index contributed by atoms with van der Waals surface area (Å²) >= 11 is 4.41. The summed E-state index contributed by atoms with van der Waals surface area (Å²) in [5.74, 6) is 1.83. The van der Waals surface area contributed by atoms with Gasteiger partial charge in [0.25, 0.3) is 0 Å². The van der Waals surface area contributed by atoms with E-state index in [9.17, 15) is 0 Å². The largest absolute Gasteiger partial charge is 0.304 e. The Morgan fingerprint density at radius 2 is 1.77 bits per heavy atom. The van der Waals surface area contributed by atoms with Gasteiger partial charge in [-0.2, -0.15) is 12.6 Å². The normalized spacial score (nSPS) is 13.6. The highest BCUT2D eigenvalue weighted by molar-refractivity contribution is 7.80. The van der Waals surface area contributed by atoms with E-state index < -0.39 is 0 Å². The van der Waals surface area contributed by atoms with Gasteiger partial charge in [0.1, 0.15) is 0 Å². The molecular formula is C11H25NS. The molecule has 0 spiro atoms. The molecule has 0 rings (SSSR count). The van der Waals surface area contributed by atoms with Crippen LogP contribution in [0.3, 0.4) is 0 Å². The van der Waals surface area contributed by atoms with E-state index in [0.717, 1.165) is 11.7 Å². The average molecular weight is 203 g/mol. The third-order valence-electron chi connectivity index (χ3n) is 2.63. The minimum Gasteiger partial charge on any atom is -0.304 e. The van der Waals surface area contributed by atoms with Crippen LogP contribution >= 0.6 is 12.6 Å². The maximum atomic E-state index is 4.41. The van der Waals surface area contributed by atoms with Crippen LogP contribution in [-0.2, 0) is 0 Å². The Morgan fingerprint density at radius 3 is 2.15 bits per heavy atom. The zero-order valence-electron chi connectivity index (χ0n) is 9.42. The zero-order valence-corrected chi connectivity index (χ0v) is 10.3. The lowest BCUT2D eigenvalue weighted by molar-refractivity contribution is 0.254. The lowest BCUT2D eigenvalue weighted by atomic mass is 10.0. The zero-order chi connectivity index (χ0) is 10.1. The van der Waals surface area contributed by atoms with Crippen LogP contribution in [0.15, 0.2) is 0 Å². The van der Waals surface area contributed by atoms with Crippen LogP contribution in [0, 0.1) is 5.92 Å². The minimum absolute atomic E-state index is 0.795. The third kappa shape index (κ3) is 6.39. The highest BCUT2D eigenvalue weighted by Gasteiger charge is 2.09. The van der Waals surface area contributed by atoms with E-state index in [1.807, 2.05) is 0 Å². The maximum absolute atomic E-state index is 4.41. The fourth-order valence-electron chi connectivity index (χ4n) is 1.58. The van der Waals surface area contributed by atoms with Crippen LogP contribution in [0.25, 0.3) is 0 Å². The Balaban J connectivity index is 3.67. The molecule has 1 nitrogen and oxygen atoms in total. The number of thiol groups is 1. The van der Waals surface area contributed by atoms with Gasteiger partial charge in [-0.1, -0.05) is 33.6 Å². The third-order valence-corrected chi connectivity index (χ3v) is 3.15. The predicted molar refractivity (Wildman–Crippen MR) is 64.7 cm³/mol. The Hall–Kier alpha value is 0.310. The van der Waals surface area contributed by atoms with Gasteiger partial charge in [0, 0.05) is 6.54 Å². The Kier molecular flexibility index (Phi) is 9.10. The second-order valence-electron chi connectivity index (χ2n) is 3.68. The van der Waals surface area contributed by atoms with Gasteiger partial charge in [0.15, 0.2) is 0 Å². The van der Waals surface area contributed by atoms with Crippen LogP contribution in [-0.4, -0.2) is 30.3 Å². The van der Waals surface area contributed by atoms with E-state index in [-0.39, 0.29) is 0 Å². The molecule has 0 aliphatic carbocycles. The smallest absolute Gasteiger partial charge is 0.00172 e. The number of rotatable bonds is 8. The molecule has 0 fully saturated rings. The summed E-state index contributed by atoms with van der Waals surface area (Å²) in [6.45, 7) is 10.3. The van der Waals surface area contributed by atoms with Gasteiger partial charge >= 0.3 is 0 Å². The van der Waals surface area contributed by atoms with Gasteiger partial charge in [-0.25, -0.2) is 0 Å². The SMILES string of the molecule is CCCCC(CS)CN(CC)CC. The summed E-state index contributed by atoms with van der Waals surface area (Å²) in [7, 11) is 0. The molecule has 0 aromatic heterocycles. The first-order chi connectivity index (χ1) is 6.28. The van der Waals surface area contributed by atoms with Crippen LogP contribution in [0.5, 0.6) is 0 Å². The van der Waals surface area contributed by atoms with Crippen molar-refractivity contribution in [2.24, 2.45) is 5.92 Å². The molecule has 0 saturated heterocycles. The van der Waals surface area contributed by atoms with Crippen LogP contribution in [0.4, 0.5) is 0 Å². The van der Waals surface area contributed by atoms with Gasteiger partial charge in [-0.05, 0) is 31.2 Å². The van der Waals surface area contributed by atoms with E-state index >= 15 is 0 Å². The number of nitrogens with zero attached hydrogens (tertiary/aromatic N) is 1. The lowest BCUT2D eigenvalue weighted by Crippen LogP contribution is -2.30. The van der Waals surface area contributed by atoms with Crippen molar-refractivity contribution in [2.75, 3.05) is 25.4 Å². The summed E-state index contributed by atoms with van der Waals surface area (Å²) < 4.78 is 0. The quantitative estimate of drug-likeness (QED) is 0.593. The molecule has 1 unspecified atom stereocenters. The van der Waals surface area contributed by atoms with Crippen LogP contribution in [0.2, 0.25) is 0 Å². The molecule has 0 radical (unpaired) electrons. The van der Waals surface area contributed by atoms with Gasteiger partial charge in [-0.3, -0.25) is 0 Å². The number of unbranched alkanes of at least 4 members (excludes halogenated alkanes) is 1. The van der Waals surface area contributed by atoms with Gasteiger partial charge < -0.3 is 4.90 Å². The highest BCUT2D eigenvalue weighted by atomic mass is 32.1. The molecule has 1 atom stereocenters. The molecule has 0 aliphatic rings. The monoisotopic (exact) mass is 203 g/mol. The van der Waals surface area contributed by atoms with Crippen molar-refractivity contribution in [3.8, 4) is 0 Å². The topological polar surface area (TPSA) is 3.24 Å². The molecule has 0 aliphatic heterocycles. The Bertz CT molecular complexity index is 102. The van der Waals surface area contributed by atoms with Crippen LogP contribution < -0.4 is 0 Å². The van der Waals surface area contributed by atoms with Crippen molar-refractivity contribution in [3.05, 3.63) is 0 Å². The Morgan fingerprint density at radius 1 is 1.15 bits per heavy atom. The van der Waals surface area contributed by atoms with Crippen molar-refractivity contribution in [1.29, 1.82) is 0 Å². The van der Waals surface area contributed by atoms with E-state index in [2.05, 4.69) is 38.3 Å². The first-order valence-corrected chi connectivity index (χ1v) is 6.24. The van der Waals surface area contributed by atoms with Crippen molar-refractivity contribution < 1.29 is 0 Å². The molecule has 0 saturated carbocycles. The summed E-state index contributed by atoms with van der Waals surface area (Å²) in [6.07, 6.45) is 4.01. The number of hydrogen-bond donors (Lipinski definition) is 1. The fourth-order valence-corrected chi connectivity index (χ4v) is 1.88. The summed E-state index contributed by atoms with van der Waals surface area (Å²) in [5.41, 5.74) is 0. The van der Waals surface area contributed by atoms with Crippen molar-refractivity contribution in [3.63, 3.8) is 0 Å².